The summed E-state index contributed by atoms with van der Waals surface area (Å²) in [6, 6.07) is 9.43. The van der Waals surface area contributed by atoms with Crippen LogP contribution in [0.1, 0.15) is 25.6 Å². The maximum absolute atomic E-state index is 14.2. The van der Waals surface area contributed by atoms with E-state index in [2.05, 4.69) is 10.9 Å². The molecule has 144 valence electrons. The quantitative estimate of drug-likeness (QED) is 0.502. The molecule has 1 aromatic heterocycles. The molecule has 0 unspecified atom stereocenters. The third-order valence-corrected chi connectivity index (χ3v) is 5.08. The van der Waals surface area contributed by atoms with Crippen molar-refractivity contribution in [1.29, 1.82) is 0 Å². The first-order valence-electron chi connectivity index (χ1n) is 7.96. The van der Waals surface area contributed by atoms with Crippen LogP contribution < -0.4 is 10.9 Å². The molecule has 3 rings (SSSR count). The molecule has 2 N–H and O–H groups in total. The van der Waals surface area contributed by atoms with Crippen molar-refractivity contribution in [3.8, 4) is 0 Å². The number of hydrazine groups is 1. The Labute approximate surface area is 162 Å². The number of nitrogens with one attached hydrogen (secondary N) is 2. The van der Waals surface area contributed by atoms with Gasteiger partial charge in [0, 0.05) is 40.5 Å². The van der Waals surface area contributed by atoms with E-state index in [1.165, 1.54) is 37.4 Å². The second-order valence-electron chi connectivity index (χ2n) is 5.67. The van der Waals surface area contributed by atoms with E-state index in [4.69, 9.17) is 4.74 Å². The van der Waals surface area contributed by atoms with Crippen molar-refractivity contribution in [3.63, 3.8) is 0 Å². The molecule has 0 spiro atoms. The highest BCUT2D eigenvalue weighted by Crippen LogP contribution is 2.33. The number of non-ortho nitro benzene ring substituents is 1. The molecule has 2 amide bonds. The standard InChI is InChI=1S/C18H14FN3O5S/c1-27-9-12-15-13(19)3-2-4-14(15)28-16(12)18(24)21-20-17(23)10-5-7-11(8-6-10)22(25)26/h2-8H,9H2,1H3,(H,20,23)(H,21,24). The van der Waals surface area contributed by atoms with Gasteiger partial charge in [-0.2, -0.15) is 0 Å². The van der Waals surface area contributed by atoms with Gasteiger partial charge in [0.2, 0.25) is 0 Å². The molecule has 0 aliphatic carbocycles. The molecule has 1 heterocycles. The second-order valence-corrected chi connectivity index (χ2v) is 6.72. The van der Waals surface area contributed by atoms with Gasteiger partial charge >= 0.3 is 0 Å². The Balaban J connectivity index is 1.77. The summed E-state index contributed by atoms with van der Waals surface area (Å²) in [7, 11) is 1.43. The fourth-order valence-electron chi connectivity index (χ4n) is 2.61. The topological polar surface area (TPSA) is 111 Å². The van der Waals surface area contributed by atoms with Crippen molar-refractivity contribution in [1.82, 2.24) is 10.9 Å². The molecule has 0 fully saturated rings. The number of thiophene rings is 1. The fraction of sp³-hybridized carbons (Fsp3) is 0.111. The van der Waals surface area contributed by atoms with E-state index in [1.807, 2.05) is 0 Å². The Kier molecular flexibility index (Phi) is 5.62. The Morgan fingerprint density at radius 1 is 1.14 bits per heavy atom. The summed E-state index contributed by atoms with van der Waals surface area (Å²) >= 11 is 1.08. The molecular weight excluding hydrogens is 389 g/mol. The van der Waals surface area contributed by atoms with Crippen LogP contribution in [0, 0.1) is 15.9 Å². The summed E-state index contributed by atoms with van der Waals surface area (Å²) in [6.07, 6.45) is 0. The van der Waals surface area contributed by atoms with Crippen molar-refractivity contribution in [2.45, 2.75) is 6.61 Å². The maximum atomic E-state index is 14.2. The van der Waals surface area contributed by atoms with Crippen LogP contribution in [0.15, 0.2) is 42.5 Å². The van der Waals surface area contributed by atoms with E-state index >= 15 is 0 Å². The molecule has 2 aromatic carbocycles. The summed E-state index contributed by atoms with van der Waals surface area (Å²) in [4.78, 5) is 34.9. The van der Waals surface area contributed by atoms with E-state index < -0.39 is 22.6 Å². The van der Waals surface area contributed by atoms with Crippen LogP contribution in [0.25, 0.3) is 10.1 Å². The van der Waals surface area contributed by atoms with E-state index in [9.17, 15) is 24.1 Å². The molecule has 8 nitrogen and oxygen atoms in total. The van der Waals surface area contributed by atoms with Gasteiger partial charge in [0.15, 0.2) is 0 Å². The number of carbonyl (C=O) groups is 2. The first kappa shape index (κ1) is 19.4. The van der Waals surface area contributed by atoms with Gasteiger partial charge in [-0.05, 0) is 24.3 Å². The van der Waals surface area contributed by atoms with Crippen LogP contribution in [0.2, 0.25) is 0 Å². The van der Waals surface area contributed by atoms with Gasteiger partial charge in [-0.25, -0.2) is 4.39 Å². The number of nitrogens with zero attached hydrogens (tertiary/aromatic N) is 1. The zero-order chi connectivity index (χ0) is 20.3. The molecule has 0 bridgehead atoms. The number of fused-ring (bicyclic) bond motifs is 1. The number of methoxy groups -OCH3 is 1. The molecular formula is C18H14FN3O5S. The van der Waals surface area contributed by atoms with Crippen molar-refractivity contribution in [2.75, 3.05) is 7.11 Å². The number of amides is 2. The van der Waals surface area contributed by atoms with Crippen molar-refractivity contribution < 1.29 is 23.6 Å². The number of ether oxygens (including phenoxy) is 1. The summed E-state index contributed by atoms with van der Waals surface area (Å²) in [5.74, 6) is -1.73. The maximum Gasteiger partial charge on any atom is 0.280 e. The number of hydrogen-bond donors (Lipinski definition) is 2. The molecule has 3 aromatic rings. The Morgan fingerprint density at radius 2 is 1.82 bits per heavy atom. The highest BCUT2D eigenvalue weighted by atomic mass is 32.1. The minimum Gasteiger partial charge on any atom is -0.380 e. The van der Waals surface area contributed by atoms with Gasteiger partial charge in [-0.15, -0.1) is 11.3 Å². The van der Waals surface area contributed by atoms with Gasteiger partial charge in [0.25, 0.3) is 17.5 Å². The van der Waals surface area contributed by atoms with Crippen LogP contribution in [-0.4, -0.2) is 23.8 Å². The lowest BCUT2D eigenvalue weighted by Gasteiger charge is -2.08. The normalized spacial score (nSPS) is 10.6. The molecule has 0 radical (unpaired) electrons. The Hall–Kier alpha value is -3.37. The number of benzene rings is 2. The number of halogens is 1. The highest BCUT2D eigenvalue weighted by Gasteiger charge is 2.21. The van der Waals surface area contributed by atoms with E-state index in [0.717, 1.165) is 11.3 Å². The summed E-state index contributed by atoms with van der Waals surface area (Å²) < 4.78 is 19.8. The average molecular weight is 403 g/mol. The Bertz CT molecular complexity index is 1070. The van der Waals surface area contributed by atoms with Crippen LogP contribution in [0.3, 0.4) is 0 Å². The smallest absolute Gasteiger partial charge is 0.280 e. The van der Waals surface area contributed by atoms with Crippen LogP contribution >= 0.6 is 11.3 Å². The zero-order valence-corrected chi connectivity index (χ0v) is 15.3. The number of carbonyl (C=O) groups excluding carboxylic acids is 2. The highest BCUT2D eigenvalue weighted by molar-refractivity contribution is 7.21. The molecule has 10 heteroatoms. The summed E-state index contributed by atoms with van der Waals surface area (Å²) in [5, 5.41) is 11.0. The lowest BCUT2D eigenvalue weighted by atomic mass is 10.1. The number of hydrogen-bond acceptors (Lipinski definition) is 6. The van der Waals surface area contributed by atoms with Gasteiger partial charge in [0.05, 0.1) is 11.5 Å². The molecule has 0 aliphatic heterocycles. The second kappa shape index (κ2) is 8.11. The zero-order valence-electron chi connectivity index (χ0n) is 14.5. The monoisotopic (exact) mass is 403 g/mol. The van der Waals surface area contributed by atoms with Crippen molar-refractivity contribution in [2.24, 2.45) is 0 Å². The van der Waals surface area contributed by atoms with Gasteiger partial charge < -0.3 is 4.74 Å². The molecule has 0 aliphatic rings. The van der Waals surface area contributed by atoms with E-state index in [-0.39, 0.29) is 22.7 Å². The van der Waals surface area contributed by atoms with Crippen LogP contribution in [-0.2, 0) is 11.3 Å². The van der Waals surface area contributed by atoms with Crippen LogP contribution in [0.4, 0.5) is 10.1 Å². The predicted octanol–water partition coefficient (Wildman–Crippen LogP) is 3.17. The Morgan fingerprint density at radius 3 is 2.46 bits per heavy atom. The minimum absolute atomic E-state index is 0.0278. The molecule has 0 saturated carbocycles. The minimum atomic E-state index is -0.649. The largest absolute Gasteiger partial charge is 0.380 e. The predicted molar refractivity (Wildman–Crippen MR) is 101 cm³/mol. The SMILES string of the molecule is COCc1c(C(=O)NNC(=O)c2ccc([N+](=O)[O-])cc2)sc2cccc(F)c12. The molecule has 28 heavy (non-hydrogen) atoms. The third-order valence-electron chi connectivity index (χ3n) is 3.89. The number of rotatable bonds is 5. The first-order chi connectivity index (χ1) is 13.4. The lowest BCUT2D eigenvalue weighted by Crippen LogP contribution is -2.41. The molecule has 0 saturated heterocycles. The average Bonchev–Trinajstić information content (AvgIpc) is 3.06. The summed E-state index contributed by atoms with van der Waals surface area (Å²) in [6.45, 7) is 0.0278. The lowest BCUT2D eigenvalue weighted by molar-refractivity contribution is -0.384. The van der Waals surface area contributed by atoms with E-state index in [0.29, 0.717) is 15.6 Å². The number of nitro groups is 1. The third kappa shape index (κ3) is 3.82. The fourth-order valence-corrected chi connectivity index (χ4v) is 3.73. The van der Waals surface area contributed by atoms with E-state index in [1.54, 1.807) is 12.1 Å². The van der Waals surface area contributed by atoms with Gasteiger partial charge in [-0.3, -0.25) is 30.6 Å². The van der Waals surface area contributed by atoms with Gasteiger partial charge in [0.1, 0.15) is 10.7 Å². The number of nitro benzene ring substituents is 1. The van der Waals surface area contributed by atoms with Crippen molar-refractivity contribution in [3.05, 3.63) is 74.4 Å². The molecule has 0 atom stereocenters. The van der Waals surface area contributed by atoms with Crippen LogP contribution in [0.5, 0.6) is 0 Å². The van der Waals surface area contributed by atoms with Gasteiger partial charge in [-0.1, -0.05) is 6.07 Å². The first-order valence-corrected chi connectivity index (χ1v) is 8.78. The van der Waals surface area contributed by atoms with Crippen molar-refractivity contribution >= 4 is 38.9 Å². The summed E-state index contributed by atoms with van der Waals surface area (Å²) in [5.41, 5.74) is 4.88.